The fourth-order valence-electron chi connectivity index (χ4n) is 5.67. The second kappa shape index (κ2) is 7.95. The monoisotopic (exact) mass is 583 g/mol. The minimum Gasteiger partial charge on any atom is -0.510 e. The highest BCUT2D eigenvalue weighted by Gasteiger charge is 2.63. The first-order valence-corrected chi connectivity index (χ1v) is 11.7. The van der Waals surface area contributed by atoms with Gasteiger partial charge in [-0.05, 0) is 67.1 Å². The predicted molar refractivity (Wildman–Crippen MR) is 131 cm³/mol. The molecule has 0 saturated heterocycles. The smallest absolute Gasteiger partial charge is 0.255 e. The number of nitrogens with zero attached hydrogens (tertiary/aromatic N) is 2. The van der Waals surface area contributed by atoms with Gasteiger partial charge in [0.1, 0.15) is 22.8 Å². The molecule has 11 heteroatoms. The molecule has 0 saturated carbocycles. The largest absolute Gasteiger partial charge is 0.510 e. The van der Waals surface area contributed by atoms with E-state index in [-0.39, 0.29) is 29.7 Å². The highest BCUT2D eigenvalue weighted by Crippen LogP contribution is 2.53. The van der Waals surface area contributed by atoms with Crippen LogP contribution >= 0.6 is 22.6 Å². The summed E-state index contributed by atoms with van der Waals surface area (Å²) in [4.78, 5) is 42.3. The lowest BCUT2D eigenvalue weighted by atomic mass is 9.58. The molecule has 0 fully saturated rings. The summed E-state index contributed by atoms with van der Waals surface area (Å²) in [6, 6.07) is 0.750. The fourth-order valence-corrected chi connectivity index (χ4v) is 6.23. The summed E-state index contributed by atoms with van der Waals surface area (Å²) < 4.78 is 0.435. The number of anilines is 1. The third-order valence-corrected chi connectivity index (χ3v) is 7.96. The number of ketones is 2. The molecule has 0 aromatic heterocycles. The Morgan fingerprint density at radius 2 is 1.79 bits per heavy atom. The third kappa shape index (κ3) is 3.09. The number of phenolic OH excluding ortho intramolecular Hbond substituents is 1. The van der Waals surface area contributed by atoms with E-state index in [2.05, 4.69) is 0 Å². The Bertz CT molecular complexity index is 1220. The zero-order valence-corrected chi connectivity index (χ0v) is 21.2. The van der Waals surface area contributed by atoms with E-state index < -0.39 is 58.0 Å². The molecule has 34 heavy (non-hydrogen) atoms. The molecule has 3 aliphatic rings. The van der Waals surface area contributed by atoms with Crippen molar-refractivity contribution in [3.63, 3.8) is 0 Å². The Balaban J connectivity index is 2.00. The van der Waals surface area contributed by atoms with Crippen molar-refractivity contribution in [2.24, 2.45) is 17.6 Å². The number of phenols is 1. The number of primary amides is 1. The van der Waals surface area contributed by atoms with Gasteiger partial charge in [0, 0.05) is 31.3 Å². The number of aliphatic hydroxyl groups excluding tert-OH is 2. The summed E-state index contributed by atoms with van der Waals surface area (Å²) in [5.41, 5.74) is 3.05. The topological polar surface area (TPSA) is 165 Å². The number of halogens is 1. The van der Waals surface area contributed by atoms with Gasteiger partial charge in [-0.3, -0.25) is 19.3 Å². The van der Waals surface area contributed by atoms with E-state index in [0.717, 1.165) is 5.69 Å². The Hall–Kier alpha value is -2.64. The third-order valence-electron chi connectivity index (χ3n) is 7.13. The van der Waals surface area contributed by atoms with Gasteiger partial charge in [0.25, 0.3) is 5.91 Å². The van der Waals surface area contributed by atoms with Crippen LogP contribution in [0.1, 0.15) is 22.3 Å². The molecule has 3 aliphatic carbocycles. The van der Waals surface area contributed by atoms with Crippen molar-refractivity contribution in [3.05, 3.63) is 43.4 Å². The minimum absolute atomic E-state index is 0.0105. The van der Waals surface area contributed by atoms with Gasteiger partial charge in [0.15, 0.2) is 11.4 Å². The van der Waals surface area contributed by atoms with E-state index in [4.69, 9.17) is 5.73 Å². The first-order chi connectivity index (χ1) is 15.7. The van der Waals surface area contributed by atoms with Crippen LogP contribution in [0.2, 0.25) is 0 Å². The molecular weight excluding hydrogens is 557 g/mol. The predicted octanol–water partition coefficient (Wildman–Crippen LogP) is 0.791. The zero-order valence-electron chi connectivity index (χ0n) is 19.1. The van der Waals surface area contributed by atoms with Gasteiger partial charge < -0.3 is 31.1 Å². The van der Waals surface area contributed by atoms with E-state index in [9.17, 15) is 34.8 Å². The summed E-state index contributed by atoms with van der Waals surface area (Å²) in [6.07, 6.45) is 0.317. The summed E-state index contributed by atoms with van der Waals surface area (Å²) in [6.45, 7) is 0. The Labute approximate surface area is 209 Å². The standard InChI is InChI=1S/C23H26IN3O7/c1-26(2)12-7-11(24)17(28)14-9(12)5-8-6-10-16(27(3)4)19(30)15(22(25)33)21(32)23(10,34)20(31)13(8)18(14)29/h7-8,10,16,28,30-31,34H,5-6H2,1-4H3,(H2,25,33)/t8?,10?,16-,23-/m0/s1. The number of likely N-dealkylation sites (N-methyl/N-ethyl adjacent to an activating group) is 1. The molecule has 6 N–H and O–H groups in total. The molecule has 0 heterocycles. The molecule has 1 aromatic rings. The maximum absolute atomic E-state index is 13.6. The minimum atomic E-state index is -2.63. The number of hydrogen-bond acceptors (Lipinski definition) is 9. The molecule has 0 radical (unpaired) electrons. The van der Waals surface area contributed by atoms with Crippen LogP contribution in [0.15, 0.2) is 28.7 Å². The number of allylic oxidation sites excluding steroid dienone is 1. The van der Waals surface area contributed by atoms with Crippen LogP contribution in [0.4, 0.5) is 5.69 Å². The number of Topliss-reactive ketones (excluding diaryl/α,β-unsaturated/α-hetero) is 2. The lowest BCUT2D eigenvalue weighted by molar-refractivity contribution is -0.148. The lowest BCUT2D eigenvalue weighted by Crippen LogP contribution is -2.63. The van der Waals surface area contributed by atoms with E-state index >= 15 is 0 Å². The number of benzene rings is 1. The second-order valence-electron chi connectivity index (χ2n) is 9.44. The Morgan fingerprint density at radius 3 is 2.32 bits per heavy atom. The van der Waals surface area contributed by atoms with Crippen LogP contribution in [0, 0.1) is 15.4 Å². The number of nitrogens with two attached hydrogens (primary N) is 1. The van der Waals surface area contributed by atoms with Crippen LogP contribution in [0.25, 0.3) is 0 Å². The van der Waals surface area contributed by atoms with E-state index in [1.807, 2.05) is 41.6 Å². The number of fused-ring (bicyclic) bond motifs is 3. The van der Waals surface area contributed by atoms with E-state index in [1.165, 1.54) is 4.90 Å². The number of carbonyl (C=O) groups excluding carboxylic acids is 3. The van der Waals surface area contributed by atoms with Gasteiger partial charge in [-0.2, -0.15) is 0 Å². The number of rotatable bonds is 3. The van der Waals surface area contributed by atoms with Crippen LogP contribution in [-0.4, -0.2) is 82.6 Å². The summed E-state index contributed by atoms with van der Waals surface area (Å²) in [5, 5.41) is 44.4. The van der Waals surface area contributed by atoms with Crippen LogP contribution in [0.5, 0.6) is 5.75 Å². The molecule has 182 valence electrons. The van der Waals surface area contributed by atoms with E-state index in [0.29, 0.717) is 9.13 Å². The maximum Gasteiger partial charge on any atom is 0.255 e. The average molecular weight is 583 g/mol. The van der Waals surface area contributed by atoms with Crippen LogP contribution < -0.4 is 10.6 Å². The molecule has 10 nitrogen and oxygen atoms in total. The average Bonchev–Trinajstić information content (AvgIpc) is 2.72. The van der Waals surface area contributed by atoms with Gasteiger partial charge in [0.05, 0.1) is 15.2 Å². The van der Waals surface area contributed by atoms with Crippen molar-refractivity contribution in [3.8, 4) is 5.75 Å². The highest BCUT2D eigenvalue weighted by molar-refractivity contribution is 14.1. The molecule has 4 rings (SSSR count). The number of carbonyl (C=O) groups is 3. The zero-order chi connectivity index (χ0) is 25.4. The second-order valence-corrected chi connectivity index (χ2v) is 10.6. The Morgan fingerprint density at radius 1 is 1.18 bits per heavy atom. The summed E-state index contributed by atoms with van der Waals surface area (Å²) >= 11 is 1.91. The quantitative estimate of drug-likeness (QED) is 0.256. The van der Waals surface area contributed by atoms with Crippen molar-refractivity contribution >= 4 is 45.8 Å². The van der Waals surface area contributed by atoms with Gasteiger partial charge >= 0.3 is 0 Å². The van der Waals surface area contributed by atoms with Crippen LogP contribution in [-0.2, 0) is 16.0 Å². The maximum atomic E-state index is 13.6. The molecule has 0 spiro atoms. The molecular formula is C23H26IN3O7. The number of hydrogen-bond donors (Lipinski definition) is 5. The van der Waals surface area contributed by atoms with Gasteiger partial charge in [-0.25, -0.2) is 0 Å². The van der Waals surface area contributed by atoms with Gasteiger partial charge in [-0.1, -0.05) is 0 Å². The summed E-state index contributed by atoms with van der Waals surface area (Å²) in [7, 11) is 6.81. The van der Waals surface area contributed by atoms with Crippen molar-refractivity contribution in [1.29, 1.82) is 0 Å². The van der Waals surface area contributed by atoms with Crippen molar-refractivity contribution in [1.82, 2.24) is 4.90 Å². The van der Waals surface area contributed by atoms with E-state index in [1.54, 1.807) is 20.2 Å². The van der Waals surface area contributed by atoms with Crippen molar-refractivity contribution in [2.75, 3.05) is 33.1 Å². The SMILES string of the molecule is CN(C)c1cc(I)c(O)c2c1CC1CC3[C@H](N(C)C)C(O)=C(C(N)=O)C(=O)[C@@]3(O)C(O)=C1C2=O. The lowest BCUT2D eigenvalue weighted by Gasteiger charge is -2.50. The fraction of sp³-hybridized carbons (Fsp3) is 0.435. The van der Waals surface area contributed by atoms with Gasteiger partial charge in [0.2, 0.25) is 5.78 Å². The molecule has 4 atom stereocenters. The number of aliphatic hydroxyl groups is 3. The molecule has 2 unspecified atom stereocenters. The highest BCUT2D eigenvalue weighted by atomic mass is 127. The number of aromatic hydroxyl groups is 1. The van der Waals surface area contributed by atoms with Crippen molar-refractivity contribution < 1.29 is 34.8 Å². The molecule has 1 aromatic carbocycles. The molecule has 0 bridgehead atoms. The number of amides is 1. The van der Waals surface area contributed by atoms with Crippen molar-refractivity contribution in [2.45, 2.75) is 24.5 Å². The first-order valence-electron chi connectivity index (χ1n) is 10.6. The Kier molecular flexibility index (Phi) is 5.73. The molecule has 0 aliphatic heterocycles. The van der Waals surface area contributed by atoms with Gasteiger partial charge in [-0.15, -0.1) is 0 Å². The summed E-state index contributed by atoms with van der Waals surface area (Å²) in [5.74, 6) is -6.51. The first kappa shape index (κ1) is 24.5. The normalized spacial score (nSPS) is 28.6. The van der Waals surface area contributed by atoms with Crippen LogP contribution in [0.3, 0.4) is 0 Å². The molecule has 1 amide bonds.